The second-order valence-corrected chi connectivity index (χ2v) is 9.22. The molecule has 35 heavy (non-hydrogen) atoms. The molecule has 1 aliphatic carbocycles. The van der Waals surface area contributed by atoms with Crippen molar-refractivity contribution in [2.75, 3.05) is 11.9 Å². The molecule has 0 atom stereocenters. The van der Waals surface area contributed by atoms with E-state index in [9.17, 15) is 13.6 Å². The minimum Gasteiger partial charge on any atom is -0.460 e. The average Bonchev–Trinajstić information content (AvgIpc) is 3.49. The first-order chi connectivity index (χ1) is 17.0. The molecule has 1 aromatic carbocycles. The fourth-order valence-corrected chi connectivity index (χ4v) is 5.02. The summed E-state index contributed by atoms with van der Waals surface area (Å²) in [6.07, 6.45) is 3.27. The van der Waals surface area contributed by atoms with Crippen molar-refractivity contribution in [3.63, 3.8) is 0 Å². The van der Waals surface area contributed by atoms with Gasteiger partial charge in [0.1, 0.15) is 23.4 Å². The van der Waals surface area contributed by atoms with Crippen LogP contribution in [0.4, 0.5) is 14.6 Å². The van der Waals surface area contributed by atoms with Crippen LogP contribution in [0, 0.1) is 0 Å². The Morgan fingerprint density at radius 2 is 2.17 bits per heavy atom. The topological polar surface area (TPSA) is 93.1 Å². The fourth-order valence-electron chi connectivity index (χ4n) is 3.94. The SMILES string of the molecule is O=C(NCCn1ccc2ncnc(NC3=CC(Cl)=C(Oc4cccc5c4CNS5)CC3)c21)C(F)F. The first-order valence-corrected chi connectivity index (χ1v) is 12.1. The lowest BCUT2D eigenvalue weighted by atomic mass is 10.1. The summed E-state index contributed by atoms with van der Waals surface area (Å²) in [7, 11) is 0. The summed E-state index contributed by atoms with van der Waals surface area (Å²) >= 11 is 8.16. The van der Waals surface area contributed by atoms with Crippen LogP contribution in [0.2, 0.25) is 0 Å². The quantitative estimate of drug-likeness (QED) is 0.377. The van der Waals surface area contributed by atoms with Gasteiger partial charge in [-0.3, -0.25) is 9.52 Å². The van der Waals surface area contributed by atoms with Gasteiger partial charge in [0.05, 0.1) is 10.5 Å². The van der Waals surface area contributed by atoms with Crippen LogP contribution in [0.5, 0.6) is 5.75 Å². The molecule has 2 aliphatic rings. The number of ether oxygens (including phenoxy) is 1. The molecule has 3 heterocycles. The van der Waals surface area contributed by atoms with Gasteiger partial charge in [0, 0.05) is 48.4 Å². The lowest BCUT2D eigenvalue weighted by molar-refractivity contribution is -0.131. The molecule has 1 amide bonds. The van der Waals surface area contributed by atoms with E-state index in [0.717, 1.165) is 28.5 Å². The van der Waals surface area contributed by atoms with E-state index < -0.39 is 12.3 Å². The zero-order valence-corrected chi connectivity index (χ0v) is 19.9. The zero-order chi connectivity index (χ0) is 24.4. The van der Waals surface area contributed by atoms with E-state index in [2.05, 4.69) is 31.4 Å². The maximum atomic E-state index is 12.4. The summed E-state index contributed by atoms with van der Waals surface area (Å²) in [6.45, 7) is 1.08. The maximum Gasteiger partial charge on any atom is 0.315 e. The average molecular weight is 519 g/mol. The molecule has 0 saturated heterocycles. The largest absolute Gasteiger partial charge is 0.460 e. The maximum absolute atomic E-state index is 12.4. The van der Waals surface area contributed by atoms with Crippen molar-refractivity contribution in [3.05, 3.63) is 64.9 Å². The van der Waals surface area contributed by atoms with Crippen molar-refractivity contribution in [2.45, 2.75) is 37.3 Å². The van der Waals surface area contributed by atoms with Gasteiger partial charge in [0.25, 0.3) is 5.91 Å². The Balaban J connectivity index is 1.32. The van der Waals surface area contributed by atoms with Crippen molar-refractivity contribution in [3.8, 4) is 5.75 Å². The van der Waals surface area contributed by atoms with E-state index in [1.807, 2.05) is 18.2 Å². The molecule has 0 bridgehead atoms. The second-order valence-electron chi connectivity index (χ2n) is 7.88. The third kappa shape index (κ3) is 5.12. The van der Waals surface area contributed by atoms with E-state index in [0.29, 0.717) is 40.5 Å². The van der Waals surface area contributed by atoms with Gasteiger partial charge >= 0.3 is 6.43 Å². The number of hydrogen-bond acceptors (Lipinski definition) is 7. The Labute approximate surface area is 208 Å². The highest BCUT2D eigenvalue weighted by atomic mass is 35.5. The number of alkyl halides is 2. The van der Waals surface area contributed by atoms with E-state index >= 15 is 0 Å². The molecule has 0 radical (unpaired) electrons. The number of fused-ring (bicyclic) bond motifs is 2. The standard InChI is InChI=1S/C23H21ClF2N6O2S/c24-15-10-13(4-5-18(15)34-17-2-1-3-19-14(17)11-30-35-19)31-22-20-16(28-12-29-22)6-8-32(20)9-7-27-23(33)21(25)26/h1-3,6,8,10,12,21,30H,4-5,7,9,11H2,(H,27,33)(H,28,29,31). The number of amides is 1. The summed E-state index contributed by atoms with van der Waals surface area (Å²) < 4.78 is 36.1. The Kier molecular flexibility index (Phi) is 6.89. The number of carbonyl (C=O) groups excluding carboxylic acids is 1. The van der Waals surface area contributed by atoms with E-state index in [4.69, 9.17) is 16.3 Å². The highest BCUT2D eigenvalue weighted by Crippen LogP contribution is 2.37. The summed E-state index contributed by atoms with van der Waals surface area (Å²) in [4.78, 5) is 20.9. The molecule has 0 saturated carbocycles. The number of nitrogens with zero attached hydrogens (tertiary/aromatic N) is 3. The van der Waals surface area contributed by atoms with Crippen LogP contribution >= 0.6 is 23.5 Å². The third-order valence-electron chi connectivity index (χ3n) is 5.62. The molecule has 3 N–H and O–H groups in total. The first-order valence-electron chi connectivity index (χ1n) is 10.9. The lowest BCUT2D eigenvalue weighted by Gasteiger charge is -2.20. The molecule has 8 nitrogen and oxygen atoms in total. The highest BCUT2D eigenvalue weighted by molar-refractivity contribution is 7.97. The molecule has 2 aromatic heterocycles. The number of rotatable bonds is 8. The van der Waals surface area contributed by atoms with Crippen molar-refractivity contribution in [1.82, 2.24) is 24.6 Å². The molecule has 0 unspecified atom stereocenters. The number of benzene rings is 1. The molecule has 1 aliphatic heterocycles. The van der Waals surface area contributed by atoms with Crippen molar-refractivity contribution in [2.24, 2.45) is 0 Å². The van der Waals surface area contributed by atoms with Crippen molar-refractivity contribution >= 4 is 46.3 Å². The van der Waals surface area contributed by atoms with Crippen LogP contribution < -0.4 is 20.1 Å². The number of anilines is 1. The zero-order valence-electron chi connectivity index (χ0n) is 18.4. The number of halogens is 3. The van der Waals surface area contributed by atoms with Gasteiger partial charge in [-0.1, -0.05) is 17.7 Å². The van der Waals surface area contributed by atoms with E-state index in [1.54, 1.807) is 28.8 Å². The number of allylic oxidation sites excluding steroid dienone is 4. The van der Waals surface area contributed by atoms with Crippen molar-refractivity contribution < 1.29 is 18.3 Å². The smallest absolute Gasteiger partial charge is 0.315 e. The number of hydrogen-bond donors (Lipinski definition) is 3. The minimum absolute atomic E-state index is 0.0520. The van der Waals surface area contributed by atoms with Gasteiger partial charge in [0.2, 0.25) is 0 Å². The van der Waals surface area contributed by atoms with Gasteiger partial charge in [-0.15, -0.1) is 0 Å². The summed E-state index contributed by atoms with van der Waals surface area (Å²) in [5.74, 6) is 0.767. The molecule has 0 spiro atoms. The van der Waals surface area contributed by atoms with E-state index in [-0.39, 0.29) is 13.1 Å². The Morgan fingerprint density at radius 1 is 1.29 bits per heavy atom. The first kappa shape index (κ1) is 23.6. The molecule has 5 rings (SSSR count). The van der Waals surface area contributed by atoms with Crippen LogP contribution in [0.1, 0.15) is 18.4 Å². The van der Waals surface area contributed by atoms with Gasteiger partial charge in [-0.2, -0.15) is 8.78 Å². The predicted molar refractivity (Wildman–Crippen MR) is 130 cm³/mol. The van der Waals surface area contributed by atoms with Gasteiger partial charge < -0.3 is 19.9 Å². The van der Waals surface area contributed by atoms with Crippen molar-refractivity contribution in [1.29, 1.82) is 0 Å². The summed E-state index contributed by atoms with van der Waals surface area (Å²) in [5, 5.41) is 6.03. The molecule has 0 fully saturated rings. The highest BCUT2D eigenvalue weighted by Gasteiger charge is 2.21. The Bertz CT molecular complexity index is 1340. The number of carbonyl (C=O) groups is 1. The second kappa shape index (κ2) is 10.2. The van der Waals surface area contributed by atoms with Gasteiger partial charge in [0.15, 0.2) is 5.82 Å². The summed E-state index contributed by atoms with van der Waals surface area (Å²) in [5.41, 5.74) is 3.37. The normalized spacial score (nSPS) is 15.4. The monoisotopic (exact) mass is 518 g/mol. The third-order valence-corrected chi connectivity index (χ3v) is 6.83. The molecular formula is C23H21ClF2N6O2S. The fraction of sp³-hybridized carbons (Fsp3) is 0.261. The molecule has 12 heteroatoms. The molecule has 3 aromatic rings. The van der Waals surface area contributed by atoms with Crippen LogP contribution in [0.15, 0.2) is 64.2 Å². The van der Waals surface area contributed by atoms with E-state index in [1.165, 1.54) is 6.33 Å². The van der Waals surface area contributed by atoms with Crippen LogP contribution in [0.25, 0.3) is 11.0 Å². The Morgan fingerprint density at radius 3 is 3.00 bits per heavy atom. The summed E-state index contributed by atoms with van der Waals surface area (Å²) in [6, 6.07) is 7.76. The number of aromatic nitrogens is 3. The Hall–Kier alpha value is -3.15. The van der Waals surface area contributed by atoms with Crippen LogP contribution in [-0.2, 0) is 17.9 Å². The minimum atomic E-state index is -3.04. The van der Waals surface area contributed by atoms with Gasteiger partial charge in [-0.25, -0.2) is 9.97 Å². The lowest BCUT2D eigenvalue weighted by Crippen LogP contribution is -2.32. The van der Waals surface area contributed by atoms with Gasteiger partial charge in [-0.05, 0) is 42.6 Å². The predicted octanol–water partition coefficient (Wildman–Crippen LogP) is 4.54. The van der Waals surface area contributed by atoms with Crippen LogP contribution in [0.3, 0.4) is 0 Å². The molecule has 182 valence electrons. The van der Waals surface area contributed by atoms with Crippen LogP contribution in [-0.4, -0.2) is 33.4 Å². The molecular weight excluding hydrogens is 498 g/mol. The number of nitrogens with one attached hydrogen (secondary N) is 3.